The quantitative estimate of drug-likeness (QED) is 0.132. The van der Waals surface area contributed by atoms with Crippen molar-refractivity contribution in [2.45, 2.75) is 33.7 Å². The number of ketones is 1. The first-order valence-corrected chi connectivity index (χ1v) is 14.7. The van der Waals surface area contributed by atoms with E-state index < -0.39 is 17.7 Å². The molecule has 1 aliphatic rings. The number of aryl methyl sites for hydroxylation is 2. The van der Waals surface area contributed by atoms with E-state index in [2.05, 4.69) is 4.98 Å². The molecule has 220 valence electrons. The van der Waals surface area contributed by atoms with Crippen LogP contribution in [0.4, 0.5) is 5.13 Å². The molecule has 2 aromatic carbocycles. The zero-order valence-corrected chi connectivity index (χ0v) is 25.2. The summed E-state index contributed by atoms with van der Waals surface area (Å²) in [4.78, 5) is 38.4. The average molecular weight is 599 g/mol. The number of rotatable bonds is 8. The molecule has 1 amide bonds. The van der Waals surface area contributed by atoms with Gasteiger partial charge in [0, 0.05) is 6.20 Å². The van der Waals surface area contributed by atoms with Crippen LogP contribution in [0.2, 0.25) is 0 Å². The van der Waals surface area contributed by atoms with E-state index in [-0.39, 0.29) is 17.0 Å². The van der Waals surface area contributed by atoms with Crippen molar-refractivity contribution in [2.24, 2.45) is 0 Å². The number of amides is 1. The first kappa shape index (κ1) is 28.2. The average Bonchev–Trinajstić information content (AvgIpc) is 3.65. The number of ether oxygens (including phenoxy) is 3. The van der Waals surface area contributed by atoms with E-state index >= 15 is 0 Å². The molecule has 11 heteroatoms. The molecule has 1 saturated heterocycles. The van der Waals surface area contributed by atoms with Crippen molar-refractivity contribution in [1.29, 1.82) is 0 Å². The second-order valence-corrected chi connectivity index (χ2v) is 11.0. The van der Waals surface area contributed by atoms with Gasteiger partial charge in [-0.25, -0.2) is 9.97 Å². The highest BCUT2D eigenvalue weighted by atomic mass is 32.1. The zero-order chi connectivity index (χ0) is 30.4. The van der Waals surface area contributed by atoms with Crippen molar-refractivity contribution in [3.05, 3.63) is 82.8 Å². The van der Waals surface area contributed by atoms with E-state index in [1.54, 1.807) is 37.4 Å². The lowest BCUT2D eigenvalue weighted by atomic mass is 9.96. The number of imidazole rings is 1. The predicted octanol–water partition coefficient (Wildman–Crippen LogP) is 5.99. The monoisotopic (exact) mass is 598 g/mol. The van der Waals surface area contributed by atoms with Crippen molar-refractivity contribution in [1.82, 2.24) is 14.4 Å². The highest BCUT2D eigenvalue weighted by Crippen LogP contribution is 2.46. The lowest BCUT2D eigenvalue weighted by Crippen LogP contribution is -2.29. The minimum absolute atomic E-state index is 0.0856. The van der Waals surface area contributed by atoms with Crippen LogP contribution in [0, 0.1) is 13.8 Å². The van der Waals surface area contributed by atoms with Crippen molar-refractivity contribution < 1.29 is 28.9 Å². The molecule has 0 saturated carbocycles. The Kier molecular flexibility index (Phi) is 7.26. The summed E-state index contributed by atoms with van der Waals surface area (Å²) in [5.74, 6) is -0.362. The van der Waals surface area contributed by atoms with Crippen LogP contribution < -0.4 is 19.1 Å². The van der Waals surface area contributed by atoms with E-state index in [0.717, 1.165) is 10.3 Å². The molecule has 0 radical (unpaired) electrons. The molecule has 4 heterocycles. The van der Waals surface area contributed by atoms with E-state index in [1.807, 2.05) is 56.5 Å². The number of Topliss-reactive ketones (excluding diaryl/α,β-unsaturated/α-hetero) is 1. The summed E-state index contributed by atoms with van der Waals surface area (Å²) < 4.78 is 19.6. The number of aliphatic hydroxyl groups excluding tert-OH is 1. The van der Waals surface area contributed by atoms with Crippen LogP contribution in [0.25, 0.3) is 21.6 Å². The van der Waals surface area contributed by atoms with E-state index in [9.17, 15) is 14.7 Å². The normalized spacial score (nSPS) is 16.4. The Morgan fingerprint density at radius 1 is 1.00 bits per heavy atom. The van der Waals surface area contributed by atoms with Crippen LogP contribution in [-0.2, 0) is 9.59 Å². The largest absolute Gasteiger partial charge is 0.505 e. The Morgan fingerprint density at radius 3 is 2.49 bits per heavy atom. The van der Waals surface area contributed by atoms with Crippen LogP contribution >= 0.6 is 11.3 Å². The number of thiazole rings is 1. The maximum atomic E-state index is 13.8. The predicted molar refractivity (Wildman–Crippen MR) is 164 cm³/mol. The Morgan fingerprint density at radius 2 is 1.77 bits per heavy atom. The number of carbonyl (C=O) groups excluding carboxylic acids is 2. The molecule has 3 aromatic heterocycles. The smallest absolute Gasteiger partial charge is 0.301 e. The number of aliphatic hydroxyl groups is 1. The molecule has 0 aliphatic carbocycles. The number of fused-ring (bicyclic) bond motifs is 2. The van der Waals surface area contributed by atoms with Crippen LogP contribution in [-0.4, -0.2) is 51.5 Å². The third-order valence-electron chi connectivity index (χ3n) is 7.43. The van der Waals surface area contributed by atoms with E-state index in [1.165, 1.54) is 16.2 Å². The standard InChI is InChI=1S/C32H30N4O6S/c1-6-41-22-13-10-19(15-23(22)42-7-2)27-25(28(37)26-18(4)35-14-8-9-17(3)30(35)34-26)29(38)31(39)36(27)32-33-21-12-11-20(40-5)16-24(21)43-32/h8-16,27,37H,6-7H2,1-5H3. The SMILES string of the molecule is CCOc1ccc(C2C(=C(O)c3nc4c(C)cccn4c3C)C(=O)C(=O)N2c2nc3ccc(OC)cc3s2)cc1OCC. The topological polar surface area (TPSA) is 115 Å². The summed E-state index contributed by atoms with van der Waals surface area (Å²) in [5, 5.41) is 12.1. The van der Waals surface area contributed by atoms with Gasteiger partial charge in [0.2, 0.25) is 0 Å². The van der Waals surface area contributed by atoms with Gasteiger partial charge in [-0.05, 0) is 75.2 Å². The Hall–Kier alpha value is -4.90. The maximum Gasteiger partial charge on any atom is 0.301 e. The first-order chi connectivity index (χ1) is 20.8. The van der Waals surface area contributed by atoms with Gasteiger partial charge < -0.3 is 23.7 Å². The summed E-state index contributed by atoms with van der Waals surface area (Å²) in [5.41, 5.74) is 3.51. The van der Waals surface area contributed by atoms with Gasteiger partial charge in [0.05, 0.1) is 47.8 Å². The summed E-state index contributed by atoms with van der Waals surface area (Å²) in [6.45, 7) is 8.27. The lowest BCUT2D eigenvalue weighted by Gasteiger charge is -2.24. The van der Waals surface area contributed by atoms with Crippen molar-refractivity contribution in [2.75, 3.05) is 25.2 Å². The molecular weight excluding hydrogens is 568 g/mol. The Bertz CT molecular complexity index is 1940. The van der Waals surface area contributed by atoms with Gasteiger partial charge in [0.1, 0.15) is 17.1 Å². The zero-order valence-electron chi connectivity index (χ0n) is 24.4. The Balaban J connectivity index is 1.59. The summed E-state index contributed by atoms with van der Waals surface area (Å²) in [6.07, 6.45) is 1.84. The highest BCUT2D eigenvalue weighted by molar-refractivity contribution is 7.22. The molecule has 43 heavy (non-hydrogen) atoms. The molecule has 1 atom stereocenters. The number of nitrogens with zero attached hydrogens (tertiary/aromatic N) is 4. The molecule has 1 fully saturated rings. The van der Waals surface area contributed by atoms with Gasteiger partial charge in [-0.3, -0.25) is 14.5 Å². The van der Waals surface area contributed by atoms with Crippen molar-refractivity contribution >= 4 is 49.8 Å². The number of hydrogen-bond acceptors (Lipinski definition) is 9. The lowest BCUT2D eigenvalue weighted by molar-refractivity contribution is -0.132. The summed E-state index contributed by atoms with van der Waals surface area (Å²) in [6, 6.07) is 13.4. The van der Waals surface area contributed by atoms with Gasteiger partial charge in [0.15, 0.2) is 22.4 Å². The van der Waals surface area contributed by atoms with Gasteiger partial charge in [0.25, 0.3) is 5.78 Å². The summed E-state index contributed by atoms with van der Waals surface area (Å²) in [7, 11) is 1.58. The summed E-state index contributed by atoms with van der Waals surface area (Å²) >= 11 is 1.25. The number of methoxy groups -OCH3 is 1. The second-order valence-electron chi connectivity index (χ2n) is 10.0. The van der Waals surface area contributed by atoms with Gasteiger partial charge >= 0.3 is 5.91 Å². The van der Waals surface area contributed by atoms with Crippen LogP contribution in [0.15, 0.2) is 60.3 Å². The number of pyridine rings is 1. The van der Waals surface area contributed by atoms with E-state index in [0.29, 0.717) is 58.0 Å². The molecule has 0 bridgehead atoms. The minimum atomic E-state index is -1.01. The number of anilines is 1. The first-order valence-electron chi connectivity index (χ1n) is 13.9. The van der Waals surface area contributed by atoms with Crippen molar-refractivity contribution in [3.63, 3.8) is 0 Å². The molecule has 1 aliphatic heterocycles. The fourth-order valence-corrected chi connectivity index (χ4v) is 6.40. The fraction of sp³-hybridized carbons (Fsp3) is 0.250. The molecule has 10 nitrogen and oxygen atoms in total. The van der Waals surface area contributed by atoms with Crippen LogP contribution in [0.5, 0.6) is 17.2 Å². The molecule has 6 rings (SSSR count). The number of hydrogen-bond donors (Lipinski definition) is 1. The van der Waals surface area contributed by atoms with Gasteiger partial charge in [-0.2, -0.15) is 0 Å². The van der Waals surface area contributed by atoms with Crippen molar-refractivity contribution in [3.8, 4) is 17.2 Å². The van der Waals surface area contributed by atoms with Crippen LogP contribution in [0.1, 0.15) is 42.4 Å². The maximum absolute atomic E-state index is 13.8. The Labute approximate surface area is 251 Å². The molecule has 1 N–H and O–H groups in total. The van der Waals surface area contributed by atoms with Gasteiger partial charge in [-0.1, -0.05) is 23.5 Å². The molecule has 0 spiro atoms. The van der Waals surface area contributed by atoms with E-state index in [4.69, 9.17) is 19.2 Å². The number of benzene rings is 2. The molecular formula is C32H30N4O6S. The van der Waals surface area contributed by atoms with Crippen LogP contribution in [0.3, 0.4) is 0 Å². The fourth-order valence-electron chi connectivity index (χ4n) is 5.38. The second kappa shape index (κ2) is 11.1. The number of carbonyl (C=O) groups is 2. The number of aromatic nitrogens is 3. The molecule has 1 unspecified atom stereocenters. The highest BCUT2D eigenvalue weighted by Gasteiger charge is 2.49. The minimum Gasteiger partial charge on any atom is -0.505 e. The third-order valence-corrected chi connectivity index (χ3v) is 8.44. The van der Waals surface area contributed by atoms with Gasteiger partial charge in [-0.15, -0.1) is 0 Å². The molecule has 5 aromatic rings. The third kappa shape index (κ3) is 4.65.